The molecule has 2 saturated carbocycles. The highest BCUT2D eigenvalue weighted by Crippen LogP contribution is 2.39. The Kier molecular flexibility index (Phi) is 8.97. The number of hydrogen-bond donors (Lipinski definition) is 0. The van der Waals surface area contributed by atoms with E-state index in [1.807, 2.05) is 12.5 Å². The summed E-state index contributed by atoms with van der Waals surface area (Å²) < 4.78 is 2.32. The average Bonchev–Trinajstić information content (AvgIpc) is 3.76. The van der Waals surface area contributed by atoms with Crippen LogP contribution in [0.2, 0.25) is 11.4 Å². The van der Waals surface area contributed by atoms with E-state index in [9.17, 15) is 0 Å². The first-order valence-corrected chi connectivity index (χ1v) is 17.8. The minimum Gasteiger partial charge on any atom is -0.340 e. The summed E-state index contributed by atoms with van der Waals surface area (Å²) in [5.74, 6) is 0.866. The molecule has 7 rings (SSSR count). The number of rotatable bonds is 8. The summed E-state index contributed by atoms with van der Waals surface area (Å²) in [6, 6.07) is 44.5. The lowest BCUT2D eigenvalue weighted by atomic mass is 9.37. The first kappa shape index (κ1) is 27.5. The molecule has 206 valence electrons. The van der Waals surface area contributed by atoms with Crippen LogP contribution in [-0.4, -0.2) is 24.3 Å². The molecule has 0 bridgehead atoms. The van der Waals surface area contributed by atoms with Crippen LogP contribution in [0.4, 0.5) is 0 Å². The predicted molar refractivity (Wildman–Crippen MR) is 178 cm³/mol. The molecule has 1 aromatic heterocycles. The molecule has 0 aliphatic heterocycles. The van der Waals surface area contributed by atoms with Gasteiger partial charge >= 0.3 is 0 Å². The van der Waals surface area contributed by atoms with E-state index < -0.39 is 8.07 Å². The van der Waals surface area contributed by atoms with Crippen LogP contribution in [0, 0.1) is 0 Å². The minimum absolute atomic E-state index is 0.613. The molecule has 2 aliphatic rings. The molecule has 0 unspecified atom stereocenters. The molecule has 4 heteroatoms. The molecule has 2 fully saturated rings. The van der Waals surface area contributed by atoms with Gasteiger partial charge in [-0.05, 0) is 5.54 Å². The van der Waals surface area contributed by atoms with Crippen molar-refractivity contribution in [3.63, 3.8) is 0 Å². The Hall–Kier alpha value is -3.63. The Morgan fingerprint density at radius 2 is 1.10 bits per heavy atom. The van der Waals surface area contributed by atoms with E-state index in [1.54, 1.807) is 10.4 Å². The number of nitrogens with zero attached hydrogens (tertiary/aromatic N) is 2. The van der Waals surface area contributed by atoms with Gasteiger partial charge in [0.2, 0.25) is 6.71 Å². The van der Waals surface area contributed by atoms with E-state index in [2.05, 4.69) is 137 Å². The van der Waals surface area contributed by atoms with Crippen LogP contribution in [0.15, 0.2) is 140 Å². The molecule has 5 aromatic rings. The van der Waals surface area contributed by atoms with Crippen LogP contribution in [0.3, 0.4) is 0 Å². The minimum atomic E-state index is -1.93. The van der Waals surface area contributed by atoms with Crippen molar-refractivity contribution >= 4 is 36.1 Å². The van der Waals surface area contributed by atoms with Crippen LogP contribution in [0.5, 0.6) is 0 Å². The molecule has 1 heterocycles. The van der Waals surface area contributed by atoms with E-state index in [0.29, 0.717) is 6.71 Å². The van der Waals surface area contributed by atoms with Gasteiger partial charge in [0.1, 0.15) is 8.07 Å². The third-order valence-corrected chi connectivity index (χ3v) is 14.8. The highest BCUT2D eigenvalue weighted by molar-refractivity contribution is 7.02. The van der Waals surface area contributed by atoms with Gasteiger partial charge < -0.3 is 4.57 Å². The third kappa shape index (κ3) is 6.49. The second kappa shape index (κ2) is 13.4. The van der Waals surface area contributed by atoms with Gasteiger partial charge in [0.05, 0.1) is 6.33 Å². The maximum atomic E-state index is 4.32. The Morgan fingerprint density at radius 1 is 0.610 bits per heavy atom. The Bertz CT molecular complexity index is 1350. The molecule has 0 amide bonds. The molecule has 0 radical (unpaired) electrons. The molecule has 2 nitrogen and oxygen atoms in total. The monoisotopic (exact) mass is 552 g/mol. The summed E-state index contributed by atoms with van der Waals surface area (Å²) in [5, 5.41) is 3.14. The van der Waals surface area contributed by atoms with Gasteiger partial charge in [-0.1, -0.05) is 193 Å². The second-order valence-corrected chi connectivity index (χ2v) is 16.1. The molecular formula is C37H41BN2Si. The molecule has 0 atom stereocenters. The maximum Gasteiger partial charge on any atom is 0.212 e. The number of aromatic nitrogens is 2. The van der Waals surface area contributed by atoms with Gasteiger partial charge in [0, 0.05) is 18.6 Å². The van der Waals surface area contributed by atoms with Crippen molar-refractivity contribution in [3.8, 4) is 0 Å². The highest BCUT2D eigenvalue weighted by Gasteiger charge is 2.45. The zero-order valence-electron chi connectivity index (χ0n) is 24.1. The van der Waals surface area contributed by atoms with E-state index in [1.165, 1.54) is 55.9 Å². The summed E-state index contributed by atoms with van der Waals surface area (Å²) >= 11 is 0. The first-order chi connectivity index (χ1) is 20.3. The fourth-order valence-corrected chi connectivity index (χ4v) is 12.8. The molecule has 0 N–H and O–H groups in total. The van der Waals surface area contributed by atoms with Crippen molar-refractivity contribution in [1.29, 1.82) is 0 Å². The molecule has 0 saturated heterocycles. The van der Waals surface area contributed by atoms with Gasteiger partial charge in [0.15, 0.2) is 0 Å². The summed E-state index contributed by atoms with van der Waals surface area (Å²) in [4.78, 5) is 4.32. The fourth-order valence-electron chi connectivity index (χ4n) is 7.17. The number of benzene rings is 4. The standard InChI is InChI=1S/C22H26N2Si.C15H15B/c1-4-10-20(11-5-1)25(19-24-17-16-23-18-24,21-12-6-2-7-13-21)22-14-8-3-9-15-22;1-3-7-13(8-4-1)16(15-11-12-15)14-9-5-2-6-10-14/h1-2,4-7,10-13,16-18,22H,3,8-9,14-15,19H2;1-10,15H,11-12H2. The molecular weight excluding hydrogens is 511 g/mol. The zero-order chi connectivity index (χ0) is 27.7. The topological polar surface area (TPSA) is 17.8 Å². The average molecular weight is 553 g/mol. The van der Waals surface area contributed by atoms with Crippen molar-refractivity contribution < 1.29 is 0 Å². The van der Waals surface area contributed by atoms with Crippen molar-refractivity contribution in [3.05, 3.63) is 140 Å². The Morgan fingerprint density at radius 3 is 1.54 bits per heavy atom. The quantitative estimate of drug-likeness (QED) is 0.202. The third-order valence-electron chi connectivity index (χ3n) is 9.28. The van der Waals surface area contributed by atoms with Crippen molar-refractivity contribution in [2.45, 2.75) is 62.5 Å². The predicted octanol–water partition coefficient (Wildman–Crippen LogP) is 6.48. The highest BCUT2D eigenvalue weighted by atomic mass is 28.3. The van der Waals surface area contributed by atoms with Gasteiger partial charge in [-0.2, -0.15) is 0 Å². The Balaban J connectivity index is 0.000000162. The van der Waals surface area contributed by atoms with Crippen LogP contribution in [0.1, 0.15) is 44.9 Å². The largest absolute Gasteiger partial charge is 0.340 e. The first-order valence-electron chi connectivity index (χ1n) is 15.5. The maximum absolute atomic E-state index is 4.32. The second-order valence-electron chi connectivity index (χ2n) is 11.9. The molecule has 0 spiro atoms. The van der Waals surface area contributed by atoms with Gasteiger partial charge in [0.25, 0.3) is 0 Å². The van der Waals surface area contributed by atoms with Crippen molar-refractivity contribution in [1.82, 2.24) is 9.55 Å². The fraction of sp³-hybridized carbons (Fsp3) is 0.270. The summed E-state index contributed by atoms with van der Waals surface area (Å²) in [7, 11) is -1.93. The summed E-state index contributed by atoms with van der Waals surface area (Å²) in [5.41, 5.74) is 3.74. The van der Waals surface area contributed by atoms with E-state index in [-0.39, 0.29) is 0 Å². The van der Waals surface area contributed by atoms with E-state index >= 15 is 0 Å². The van der Waals surface area contributed by atoms with Crippen LogP contribution < -0.4 is 21.3 Å². The summed E-state index contributed by atoms with van der Waals surface area (Å²) in [6.45, 7) is 0.613. The van der Waals surface area contributed by atoms with Gasteiger partial charge in [-0.25, -0.2) is 4.98 Å². The molecule has 2 aliphatic carbocycles. The normalized spacial score (nSPS) is 15.5. The number of hydrogen-bond acceptors (Lipinski definition) is 1. The van der Waals surface area contributed by atoms with Crippen molar-refractivity contribution in [2.75, 3.05) is 0 Å². The number of imidazole rings is 1. The molecule has 4 aromatic carbocycles. The summed E-state index contributed by atoms with van der Waals surface area (Å²) in [6.07, 6.45) is 16.8. The van der Waals surface area contributed by atoms with Crippen LogP contribution >= 0.6 is 0 Å². The Labute approximate surface area is 247 Å². The smallest absolute Gasteiger partial charge is 0.212 e. The van der Waals surface area contributed by atoms with Crippen molar-refractivity contribution in [2.24, 2.45) is 0 Å². The molecule has 41 heavy (non-hydrogen) atoms. The van der Waals surface area contributed by atoms with Gasteiger partial charge in [-0.15, -0.1) is 0 Å². The lowest BCUT2D eigenvalue weighted by Gasteiger charge is -2.42. The van der Waals surface area contributed by atoms with Gasteiger partial charge in [-0.3, -0.25) is 0 Å². The van der Waals surface area contributed by atoms with Crippen LogP contribution in [-0.2, 0) is 6.17 Å². The van der Waals surface area contributed by atoms with E-state index in [4.69, 9.17) is 0 Å². The van der Waals surface area contributed by atoms with E-state index in [0.717, 1.165) is 17.5 Å². The lowest BCUT2D eigenvalue weighted by molar-refractivity contribution is 0.491. The van der Waals surface area contributed by atoms with Crippen LogP contribution in [0.25, 0.3) is 0 Å². The lowest BCUT2D eigenvalue weighted by Crippen LogP contribution is -2.64. The SMILES string of the molecule is c1ccc(B(c2ccccc2)C2CC2)cc1.c1ccc([Si](Cn2ccnc2)(c2ccccc2)C2CCCCC2)cc1. The zero-order valence-corrected chi connectivity index (χ0v) is 25.1.